The third-order valence-corrected chi connectivity index (χ3v) is 3.41. The first-order chi connectivity index (χ1) is 8.34. The van der Waals surface area contributed by atoms with Gasteiger partial charge in [0.25, 0.3) is 0 Å². The summed E-state index contributed by atoms with van der Waals surface area (Å²) in [6, 6.07) is 4.54. The standard InChI is InChI=1S/C14H23NO2/c1-12(6-7-14-5-3-9-17-14)15-10-13-4-2-8-16-11-13/h3,5,9,12-13,15H,2,4,6-8,10-11H2,1H3. The highest BCUT2D eigenvalue weighted by atomic mass is 16.5. The first-order valence-electron chi connectivity index (χ1n) is 6.68. The average Bonchev–Trinajstić information content (AvgIpc) is 2.88. The van der Waals surface area contributed by atoms with E-state index in [1.54, 1.807) is 6.26 Å². The summed E-state index contributed by atoms with van der Waals surface area (Å²) < 4.78 is 10.8. The highest BCUT2D eigenvalue weighted by Gasteiger charge is 2.14. The smallest absolute Gasteiger partial charge is 0.103 e. The number of hydrogen-bond donors (Lipinski definition) is 1. The Morgan fingerprint density at radius 3 is 3.18 bits per heavy atom. The zero-order valence-corrected chi connectivity index (χ0v) is 10.7. The van der Waals surface area contributed by atoms with Crippen molar-refractivity contribution in [1.82, 2.24) is 5.32 Å². The summed E-state index contributed by atoms with van der Waals surface area (Å²) in [5.74, 6) is 1.79. The van der Waals surface area contributed by atoms with Gasteiger partial charge in [-0.15, -0.1) is 0 Å². The Morgan fingerprint density at radius 1 is 1.53 bits per heavy atom. The van der Waals surface area contributed by atoms with Crippen molar-refractivity contribution in [1.29, 1.82) is 0 Å². The lowest BCUT2D eigenvalue weighted by molar-refractivity contribution is 0.0539. The van der Waals surface area contributed by atoms with Gasteiger partial charge < -0.3 is 14.5 Å². The molecule has 1 aromatic rings. The largest absolute Gasteiger partial charge is 0.469 e. The fraction of sp³-hybridized carbons (Fsp3) is 0.714. The van der Waals surface area contributed by atoms with Crippen LogP contribution < -0.4 is 5.32 Å². The van der Waals surface area contributed by atoms with Crippen molar-refractivity contribution in [2.24, 2.45) is 5.92 Å². The van der Waals surface area contributed by atoms with Crippen LogP contribution in [-0.2, 0) is 11.2 Å². The molecule has 1 aromatic heterocycles. The van der Waals surface area contributed by atoms with Crippen molar-refractivity contribution in [2.45, 2.75) is 38.6 Å². The lowest BCUT2D eigenvalue weighted by atomic mass is 10.0. The van der Waals surface area contributed by atoms with Crippen molar-refractivity contribution in [3.8, 4) is 0 Å². The molecule has 96 valence electrons. The van der Waals surface area contributed by atoms with Crippen molar-refractivity contribution in [3.63, 3.8) is 0 Å². The van der Waals surface area contributed by atoms with Gasteiger partial charge in [-0.05, 0) is 44.2 Å². The molecule has 2 rings (SSSR count). The molecule has 3 nitrogen and oxygen atoms in total. The summed E-state index contributed by atoms with van der Waals surface area (Å²) in [6.45, 7) is 5.20. The molecule has 2 atom stereocenters. The maximum Gasteiger partial charge on any atom is 0.103 e. The number of hydrogen-bond acceptors (Lipinski definition) is 3. The fourth-order valence-corrected chi connectivity index (χ4v) is 2.25. The molecule has 0 spiro atoms. The maximum absolute atomic E-state index is 5.48. The van der Waals surface area contributed by atoms with Crippen LogP contribution >= 0.6 is 0 Å². The lowest BCUT2D eigenvalue weighted by Crippen LogP contribution is -2.34. The van der Waals surface area contributed by atoms with E-state index < -0.39 is 0 Å². The summed E-state index contributed by atoms with van der Waals surface area (Å²) in [6.07, 6.45) is 6.40. The van der Waals surface area contributed by atoms with Crippen molar-refractivity contribution in [3.05, 3.63) is 24.2 Å². The molecule has 2 heterocycles. The number of nitrogens with one attached hydrogen (secondary N) is 1. The summed E-state index contributed by atoms with van der Waals surface area (Å²) in [5, 5.41) is 3.59. The SMILES string of the molecule is CC(CCc1ccco1)NCC1CCCOC1. The van der Waals surface area contributed by atoms with E-state index >= 15 is 0 Å². The van der Waals surface area contributed by atoms with E-state index in [0.29, 0.717) is 12.0 Å². The van der Waals surface area contributed by atoms with Gasteiger partial charge in [-0.2, -0.15) is 0 Å². The molecular formula is C14H23NO2. The van der Waals surface area contributed by atoms with E-state index in [1.165, 1.54) is 12.8 Å². The molecule has 2 unspecified atom stereocenters. The Morgan fingerprint density at radius 2 is 2.47 bits per heavy atom. The minimum absolute atomic E-state index is 0.544. The molecule has 1 saturated heterocycles. The molecule has 0 aromatic carbocycles. The van der Waals surface area contributed by atoms with Crippen LogP contribution in [-0.4, -0.2) is 25.8 Å². The summed E-state index contributed by atoms with van der Waals surface area (Å²) in [5.41, 5.74) is 0. The van der Waals surface area contributed by atoms with Gasteiger partial charge in [-0.25, -0.2) is 0 Å². The van der Waals surface area contributed by atoms with E-state index in [0.717, 1.165) is 38.4 Å². The van der Waals surface area contributed by atoms with E-state index in [9.17, 15) is 0 Å². The van der Waals surface area contributed by atoms with Gasteiger partial charge >= 0.3 is 0 Å². The molecule has 3 heteroatoms. The van der Waals surface area contributed by atoms with Crippen LogP contribution in [0.25, 0.3) is 0 Å². The average molecular weight is 237 g/mol. The lowest BCUT2D eigenvalue weighted by Gasteiger charge is -2.24. The van der Waals surface area contributed by atoms with Crippen LogP contribution in [0.5, 0.6) is 0 Å². The minimum atomic E-state index is 0.544. The summed E-state index contributed by atoms with van der Waals surface area (Å²) in [4.78, 5) is 0. The van der Waals surface area contributed by atoms with Crippen LogP contribution in [0.1, 0.15) is 31.9 Å². The second kappa shape index (κ2) is 6.82. The molecule has 0 bridgehead atoms. The van der Waals surface area contributed by atoms with Crippen molar-refractivity contribution < 1.29 is 9.15 Å². The van der Waals surface area contributed by atoms with Gasteiger partial charge in [0.1, 0.15) is 5.76 Å². The van der Waals surface area contributed by atoms with E-state index in [2.05, 4.69) is 12.2 Å². The van der Waals surface area contributed by atoms with Crippen LogP contribution in [0, 0.1) is 5.92 Å². The molecule has 1 aliphatic heterocycles. The number of rotatable bonds is 6. The Bertz CT molecular complexity index is 291. The Kier molecular flexibility index (Phi) is 5.08. The van der Waals surface area contributed by atoms with Crippen LogP contribution in [0.15, 0.2) is 22.8 Å². The monoisotopic (exact) mass is 237 g/mol. The van der Waals surface area contributed by atoms with Crippen molar-refractivity contribution >= 4 is 0 Å². The van der Waals surface area contributed by atoms with E-state index in [4.69, 9.17) is 9.15 Å². The van der Waals surface area contributed by atoms with E-state index in [1.807, 2.05) is 12.1 Å². The summed E-state index contributed by atoms with van der Waals surface area (Å²) >= 11 is 0. The third-order valence-electron chi connectivity index (χ3n) is 3.41. The Labute approximate surface area is 104 Å². The molecule has 0 aliphatic carbocycles. The van der Waals surface area contributed by atoms with Crippen LogP contribution in [0.3, 0.4) is 0 Å². The highest BCUT2D eigenvalue weighted by molar-refractivity contribution is 4.98. The number of furan rings is 1. The van der Waals surface area contributed by atoms with Crippen LogP contribution in [0.2, 0.25) is 0 Å². The normalized spacial score (nSPS) is 22.5. The molecule has 1 aliphatic rings. The molecule has 17 heavy (non-hydrogen) atoms. The zero-order chi connectivity index (χ0) is 11.9. The number of ether oxygens (including phenoxy) is 1. The van der Waals surface area contributed by atoms with Gasteiger partial charge in [0.2, 0.25) is 0 Å². The van der Waals surface area contributed by atoms with Gasteiger partial charge in [0.15, 0.2) is 0 Å². The predicted molar refractivity (Wildman–Crippen MR) is 68.0 cm³/mol. The van der Waals surface area contributed by atoms with Gasteiger partial charge in [0.05, 0.1) is 12.9 Å². The number of aryl methyl sites for hydroxylation is 1. The van der Waals surface area contributed by atoms with Crippen LogP contribution in [0.4, 0.5) is 0 Å². The maximum atomic E-state index is 5.48. The molecule has 0 saturated carbocycles. The molecular weight excluding hydrogens is 214 g/mol. The highest BCUT2D eigenvalue weighted by Crippen LogP contribution is 2.13. The van der Waals surface area contributed by atoms with Gasteiger partial charge in [-0.3, -0.25) is 0 Å². The Hall–Kier alpha value is -0.800. The molecule has 1 fully saturated rings. The van der Waals surface area contributed by atoms with Gasteiger partial charge in [0, 0.05) is 25.6 Å². The molecule has 0 radical (unpaired) electrons. The fourth-order valence-electron chi connectivity index (χ4n) is 2.25. The zero-order valence-electron chi connectivity index (χ0n) is 10.7. The topological polar surface area (TPSA) is 34.4 Å². The van der Waals surface area contributed by atoms with Crippen molar-refractivity contribution in [2.75, 3.05) is 19.8 Å². The van der Waals surface area contributed by atoms with Gasteiger partial charge in [-0.1, -0.05) is 0 Å². The quantitative estimate of drug-likeness (QED) is 0.826. The molecule has 1 N–H and O–H groups in total. The first kappa shape index (κ1) is 12.7. The predicted octanol–water partition coefficient (Wildman–Crippen LogP) is 2.62. The first-order valence-corrected chi connectivity index (χ1v) is 6.68. The second-order valence-corrected chi connectivity index (χ2v) is 5.01. The molecule has 0 amide bonds. The van der Waals surface area contributed by atoms with E-state index in [-0.39, 0.29) is 0 Å². The summed E-state index contributed by atoms with van der Waals surface area (Å²) in [7, 11) is 0. The third kappa shape index (κ3) is 4.52. The Balaban J connectivity index is 1.58. The second-order valence-electron chi connectivity index (χ2n) is 5.01. The minimum Gasteiger partial charge on any atom is -0.469 e.